The Morgan fingerprint density at radius 2 is 1.93 bits per heavy atom. The van der Waals surface area contributed by atoms with Gasteiger partial charge in [-0.2, -0.15) is 0 Å². The van der Waals surface area contributed by atoms with Crippen LogP contribution in [0.4, 0.5) is 0 Å². The molecule has 1 fully saturated rings. The molecule has 6 nitrogen and oxygen atoms in total. The minimum Gasteiger partial charge on any atom is -0.486 e. The van der Waals surface area contributed by atoms with E-state index in [0.717, 1.165) is 11.1 Å². The number of carbonyl (C=O) groups excluding carboxylic acids is 1. The predicted molar refractivity (Wildman–Crippen MR) is 109 cm³/mol. The molecule has 1 saturated heterocycles. The zero-order valence-electron chi connectivity index (χ0n) is 16.7. The quantitative estimate of drug-likeness (QED) is 0.656. The van der Waals surface area contributed by atoms with Crippen molar-refractivity contribution in [3.8, 4) is 17.2 Å². The average Bonchev–Trinajstić information content (AvgIpc) is 3.21. The number of oxazole rings is 1. The lowest BCUT2D eigenvalue weighted by Gasteiger charge is -2.27. The number of ether oxygens (including phenoxy) is 2. The van der Waals surface area contributed by atoms with Crippen LogP contribution in [0.2, 0.25) is 0 Å². The number of hydrogen-bond acceptors (Lipinski definition) is 5. The van der Waals surface area contributed by atoms with Crippen molar-refractivity contribution in [2.45, 2.75) is 20.5 Å². The van der Waals surface area contributed by atoms with Gasteiger partial charge in [-0.25, -0.2) is 4.98 Å². The number of hydrogen-bond donors (Lipinski definition) is 0. The molecule has 0 aliphatic carbocycles. The Hall–Kier alpha value is -3.12. The molecular weight excluding hydrogens is 368 g/mol. The van der Waals surface area contributed by atoms with Crippen molar-refractivity contribution in [3.05, 3.63) is 71.1 Å². The van der Waals surface area contributed by atoms with Crippen LogP contribution in [0.15, 0.2) is 53.1 Å². The molecule has 1 aromatic heterocycles. The maximum Gasteiger partial charge on any atom is 0.257 e. The number of benzene rings is 2. The van der Waals surface area contributed by atoms with E-state index in [-0.39, 0.29) is 12.5 Å². The Morgan fingerprint density at radius 1 is 1.14 bits per heavy atom. The van der Waals surface area contributed by atoms with E-state index in [2.05, 4.69) is 18.0 Å². The number of rotatable bonds is 5. The maximum atomic E-state index is 12.8. The summed E-state index contributed by atoms with van der Waals surface area (Å²) in [5.74, 6) is 1.07. The molecule has 4 rings (SSSR count). The van der Waals surface area contributed by atoms with Crippen LogP contribution in [-0.2, 0) is 11.3 Å². The average molecular weight is 392 g/mol. The molecule has 0 spiro atoms. The second-order valence-electron chi connectivity index (χ2n) is 7.15. The smallest absolute Gasteiger partial charge is 0.257 e. The number of aromatic nitrogens is 1. The summed E-state index contributed by atoms with van der Waals surface area (Å²) in [5.41, 5.74) is 4.49. The molecule has 0 radical (unpaired) electrons. The van der Waals surface area contributed by atoms with E-state index in [1.165, 1.54) is 5.56 Å². The Balaban J connectivity index is 1.47. The SMILES string of the molecule is Cc1ccc(-c2nc(COc3ccccc3C(=O)N3CCOCC3)co2)c(C)c1. The fourth-order valence-corrected chi connectivity index (χ4v) is 3.41. The monoisotopic (exact) mass is 392 g/mol. The van der Waals surface area contributed by atoms with Gasteiger partial charge >= 0.3 is 0 Å². The van der Waals surface area contributed by atoms with Gasteiger partial charge in [0.05, 0.1) is 18.8 Å². The molecule has 2 aromatic carbocycles. The molecule has 0 N–H and O–H groups in total. The number of para-hydroxylation sites is 1. The fraction of sp³-hybridized carbons (Fsp3) is 0.304. The molecule has 0 saturated carbocycles. The lowest BCUT2D eigenvalue weighted by molar-refractivity contribution is 0.0300. The van der Waals surface area contributed by atoms with Gasteiger partial charge in [-0.3, -0.25) is 4.79 Å². The molecule has 1 aliphatic heterocycles. The van der Waals surface area contributed by atoms with E-state index >= 15 is 0 Å². The summed E-state index contributed by atoms with van der Waals surface area (Å²) in [7, 11) is 0. The Kier molecular flexibility index (Phi) is 5.62. The van der Waals surface area contributed by atoms with Gasteiger partial charge in [-0.15, -0.1) is 0 Å². The van der Waals surface area contributed by atoms with Gasteiger partial charge < -0.3 is 18.8 Å². The molecule has 3 aromatic rings. The molecule has 150 valence electrons. The first kappa shape index (κ1) is 19.2. The zero-order chi connectivity index (χ0) is 20.2. The molecular formula is C23H24N2O4. The molecule has 0 unspecified atom stereocenters. The minimum absolute atomic E-state index is 0.0416. The molecule has 6 heteroatoms. The van der Waals surface area contributed by atoms with Crippen molar-refractivity contribution in [2.75, 3.05) is 26.3 Å². The van der Waals surface area contributed by atoms with Crippen molar-refractivity contribution >= 4 is 5.91 Å². The van der Waals surface area contributed by atoms with Crippen LogP contribution >= 0.6 is 0 Å². The van der Waals surface area contributed by atoms with Gasteiger partial charge in [-0.1, -0.05) is 29.8 Å². The second-order valence-corrected chi connectivity index (χ2v) is 7.15. The van der Waals surface area contributed by atoms with Gasteiger partial charge in [0, 0.05) is 18.7 Å². The van der Waals surface area contributed by atoms with Crippen molar-refractivity contribution in [3.63, 3.8) is 0 Å². The minimum atomic E-state index is -0.0416. The molecule has 2 heterocycles. The van der Waals surface area contributed by atoms with Crippen LogP contribution in [0.3, 0.4) is 0 Å². The third-order valence-electron chi connectivity index (χ3n) is 4.96. The van der Waals surface area contributed by atoms with Crippen LogP contribution < -0.4 is 4.74 Å². The fourth-order valence-electron chi connectivity index (χ4n) is 3.41. The van der Waals surface area contributed by atoms with E-state index in [4.69, 9.17) is 13.9 Å². The number of morpholine rings is 1. The maximum absolute atomic E-state index is 12.8. The highest BCUT2D eigenvalue weighted by Gasteiger charge is 2.21. The van der Waals surface area contributed by atoms with Crippen LogP contribution in [0.5, 0.6) is 5.75 Å². The predicted octanol–water partition coefficient (Wildman–Crippen LogP) is 4.01. The van der Waals surface area contributed by atoms with Crippen LogP contribution in [0.25, 0.3) is 11.5 Å². The first-order chi connectivity index (χ1) is 14.1. The normalized spacial score (nSPS) is 14.1. The number of amides is 1. The lowest BCUT2D eigenvalue weighted by atomic mass is 10.1. The standard InChI is InChI=1S/C23H24N2O4/c1-16-7-8-19(17(2)13-16)22-24-18(15-29-22)14-28-21-6-4-3-5-20(21)23(26)25-9-11-27-12-10-25/h3-8,13,15H,9-12,14H2,1-2H3. The highest BCUT2D eigenvalue weighted by molar-refractivity contribution is 5.97. The highest BCUT2D eigenvalue weighted by atomic mass is 16.5. The zero-order valence-corrected chi connectivity index (χ0v) is 16.7. The third kappa shape index (κ3) is 4.32. The van der Waals surface area contributed by atoms with Crippen molar-refractivity contribution < 1.29 is 18.7 Å². The topological polar surface area (TPSA) is 64.8 Å². The van der Waals surface area contributed by atoms with Crippen LogP contribution in [-0.4, -0.2) is 42.1 Å². The van der Waals surface area contributed by atoms with Crippen molar-refractivity contribution in [1.82, 2.24) is 9.88 Å². The number of aryl methyl sites for hydroxylation is 2. The Labute approximate surface area is 170 Å². The Morgan fingerprint density at radius 3 is 2.72 bits per heavy atom. The second kappa shape index (κ2) is 8.49. The summed E-state index contributed by atoms with van der Waals surface area (Å²) in [4.78, 5) is 19.2. The molecule has 0 atom stereocenters. The third-order valence-corrected chi connectivity index (χ3v) is 4.96. The Bertz CT molecular complexity index is 1010. The molecule has 1 aliphatic rings. The first-order valence-electron chi connectivity index (χ1n) is 9.72. The summed E-state index contributed by atoms with van der Waals surface area (Å²) < 4.78 is 16.9. The number of nitrogens with zero attached hydrogens (tertiary/aromatic N) is 2. The van der Waals surface area contributed by atoms with Gasteiger partial charge in [-0.05, 0) is 37.6 Å². The van der Waals surface area contributed by atoms with E-state index in [0.29, 0.717) is 49.2 Å². The molecule has 1 amide bonds. The largest absolute Gasteiger partial charge is 0.486 e. The van der Waals surface area contributed by atoms with Crippen LogP contribution in [0, 0.1) is 13.8 Å². The summed E-state index contributed by atoms with van der Waals surface area (Å²) in [6.45, 7) is 6.63. The summed E-state index contributed by atoms with van der Waals surface area (Å²) in [6, 6.07) is 13.4. The number of carbonyl (C=O) groups is 1. The summed E-state index contributed by atoms with van der Waals surface area (Å²) in [5, 5.41) is 0. The van der Waals surface area contributed by atoms with Crippen molar-refractivity contribution in [2.24, 2.45) is 0 Å². The van der Waals surface area contributed by atoms with Gasteiger partial charge in [0.25, 0.3) is 5.91 Å². The van der Waals surface area contributed by atoms with E-state index in [9.17, 15) is 4.79 Å². The van der Waals surface area contributed by atoms with Gasteiger partial charge in [0.1, 0.15) is 24.3 Å². The van der Waals surface area contributed by atoms with E-state index in [1.807, 2.05) is 31.2 Å². The van der Waals surface area contributed by atoms with E-state index < -0.39 is 0 Å². The summed E-state index contributed by atoms with van der Waals surface area (Å²) >= 11 is 0. The van der Waals surface area contributed by atoms with E-state index in [1.54, 1.807) is 23.3 Å². The highest BCUT2D eigenvalue weighted by Crippen LogP contribution is 2.25. The van der Waals surface area contributed by atoms with Crippen LogP contribution in [0.1, 0.15) is 27.2 Å². The summed E-state index contributed by atoms with van der Waals surface area (Å²) in [6.07, 6.45) is 1.60. The lowest BCUT2D eigenvalue weighted by Crippen LogP contribution is -2.40. The van der Waals surface area contributed by atoms with Crippen molar-refractivity contribution in [1.29, 1.82) is 0 Å². The van der Waals surface area contributed by atoms with Gasteiger partial charge in [0.2, 0.25) is 5.89 Å². The first-order valence-corrected chi connectivity index (χ1v) is 9.72. The molecule has 0 bridgehead atoms. The molecule has 29 heavy (non-hydrogen) atoms. The van der Waals surface area contributed by atoms with Gasteiger partial charge in [0.15, 0.2) is 0 Å².